The van der Waals surface area contributed by atoms with E-state index in [1.165, 1.54) is 19.2 Å². The van der Waals surface area contributed by atoms with Gasteiger partial charge in [-0.3, -0.25) is 23.7 Å². The first-order chi connectivity index (χ1) is 16.4. The van der Waals surface area contributed by atoms with E-state index in [1.54, 1.807) is 0 Å². The molecule has 5 atom stereocenters. The topological polar surface area (TPSA) is 190 Å². The molecule has 1 aliphatic heterocycles. The van der Waals surface area contributed by atoms with Crippen molar-refractivity contribution in [2.24, 2.45) is 0 Å². The van der Waals surface area contributed by atoms with E-state index in [9.17, 15) is 28.8 Å². The van der Waals surface area contributed by atoms with Crippen molar-refractivity contribution in [1.29, 1.82) is 0 Å². The normalized spacial score (nSPS) is 23.4. The van der Waals surface area contributed by atoms with Crippen LogP contribution in [-0.2, 0) is 42.9 Å². The summed E-state index contributed by atoms with van der Waals surface area (Å²) >= 11 is 0. The van der Waals surface area contributed by atoms with Crippen molar-refractivity contribution in [3.8, 4) is 0 Å². The molecule has 1 saturated heterocycles. The number of nitrogens with one attached hydrogen (secondary N) is 2. The molecule has 0 radical (unpaired) electrons. The molecular formula is C20H26N4O11. The van der Waals surface area contributed by atoms with Crippen LogP contribution < -0.4 is 16.3 Å². The number of hydrogen-bond acceptors (Lipinski definition) is 12. The maximum Gasteiger partial charge on any atom is 0.407 e. The Bertz CT molecular complexity index is 1040. The minimum atomic E-state index is -1.41. The first-order valence-electron chi connectivity index (χ1n) is 10.3. The molecule has 2 N–H and O–H groups in total. The second-order valence-corrected chi connectivity index (χ2v) is 7.36. The number of methoxy groups -OCH3 is 1. The SMILES string of the molecule is COC(=O)N[C@H]1[C@H](OC(C)=O)[C@H](OC(C)=O)[C@H](COC(C)=O)O[C@@H]1n1ccc(NC(C)=O)nc1=O. The van der Waals surface area contributed by atoms with E-state index in [-0.39, 0.29) is 5.82 Å². The number of carbonyl (C=O) groups excluding carboxylic acids is 5. The Morgan fingerprint density at radius 2 is 1.66 bits per heavy atom. The van der Waals surface area contributed by atoms with Gasteiger partial charge in [-0.05, 0) is 6.07 Å². The number of anilines is 1. The van der Waals surface area contributed by atoms with Crippen LogP contribution in [0.1, 0.15) is 33.9 Å². The molecule has 1 aromatic heterocycles. The molecule has 35 heavy (non-hydrogen) atoms. The molecule has 1 fully saturated rings. The van der Waals surface area contributed by atoms with Crippen molar-refractivity contribution in [2.45, 2.75) is 58.3 Å². The van der Waals surface area contributed by atoms with Gasteiger partial charge in [0.05, 0.1) is 7.11 Å². The summed E-state index contributed by atoms with van der Waals surface area (Å²) in [6.07, 6.45) is -5.14. The highest BCUT2D eigenvalue weighted by molar-refractivity contribution is 5.87. The van der Waals surface area contributed by atoms with Gasteiger partial charge in [0.2, 0.25) is 5.91 Å². The number of rotatable bonds is 7. The Morgan fingerprint density at radius 1 is 1.03 bits per heavy atom. The van der Waals surface area contributed by atoms with Gasteiger partial charge in [-0.1, -0.05) is 0 Å². The lowest BCUT2D eigenvalue weighted by atomic mass is 9.95. The second-order valence-electron chi connectivity index (χ2n) is 7.36. The minimum Gasteiger partial charge on any atom is -0.463 e. The lowest BCUT2D eigenvalue weighted by Gasteiger charge is -2.45. The number of amides is 2. The molecule has 0 spiro atoms. The number of ether oxygens (including phenoxy) is 5. The quantitative estimate of drug-likeness (QED) is 0.354. The van der Waals surface area contributed by atoms with Gasteiger partial charge in [0, 0.05) is 33.9 Å². The summed E-state index contributed by atoms with van der Waals surface area (Å²) < 4.78 is 27.2. The summed E-state index contributed by atoms with van der Waals surface area (Å²) in [5.74, 6) is -2.77. The molecule has 0 saturated carbocycles. The zero-order chi connectivity index (χ0) is 26.3. The van der Waals surface area contributed by atoms with Crippen LogP contribution in [0.3, 0.4) is 0 Å². The van der Waals surface area contributed by atoms with Crippen molar-refractivity contribution in [2.75, 3.05) is 19.0 Å². The standard InChI is InChI=1S/C20H26N4O11/c1-9(25)21-14-6-7-24(19(29)22-14)18-15(23-20(30)31-5)17(34-12(4)28)16(33-11(3)27)13(35-18)8-32-10(2)26/h6-7,13,15-18H,8H2,1-5H3,(H,23,30)(H,21,22,25,29)/t13-,15-,16+,17-,18-/m0/s1. The fourth-order valence-electron chi connectivity index (χ4n) is 3.36. The third-order valence-corrected chi connectivity index (χ3v) is 4.60. The van der Waals surface area contributed by atoms with Crippen molar-refractivity contribution >= 4 is 35.7 Å². The fourth-order valence-corrected chi connectivity index (χ4v) is 3.36. The Balaban J connectivity index is 2.61. The van der Waals surface area contributed by atoms with E-state index in [2.05, 4.69) is 20.4 Å². The fraction of sp³-hybridized carbons (Fsp3) is 0.550. The third kappa shape index (κ3) is 7.49. The smallest absolute Gasteiger partial charge is 0.407 e. The van der Waals surface area contributed by atoms with Crippen LogP contribution in [0.15, 0.2) is 17.1 Å². The van der Waals surface area contributed by atoms with Gasteiger partial charge in [-0.2, -0.15) is 4.98 Å². The summed E-state index contributed by atoms with van der Waals surface area (Å²) in [5.41, 5.74) is -0.906. The van der Waals surface area contributed by atoms with Crippen LogP contribution in [-0.4, -0.2) is 77.5 Å². The Labute approximate surface area is 199 Å². The average molecular weight is 498 g/mol. The monoisotopic (exact) mass is 498 g/mol. The number of aromatic nitrogens is 2. The molecule has 2 amide bonds. The summed E-state index contributed by atoms with van der Waals surface area (Å²) in [6, 6.07) is -0.0445. The molecule has 15 nitrogen and oxygen atoms in total. The number of nitrogens with zero attached hydrogens (tertiary/aromatic N) is 2. The van der Waals surface area contributed by atoms with Gasteiger partial charge in [-0.15, -0.1) is 0 Å². The number of hydrogen-bond donors (Lipinski definition) is 2. The van der Waals surface area contributed by atoms with Crippen LogP contribution >= 0.6 is 0 Å². The minimum absolute atomic E-state index is 0.0437. The van der Waals surface area contributed by atoms with Crippen LogP contribution in [0.5, 0.6) is 0 Å². The van der Waals surface area contributed by atoms with E-state index in [4.69, 9.17) is 18.9 Å². The van der Waals surface area contributed by atoms with Gasteiger partial charge in [-0.25, -0.2) is 9.59 Å². The van der Waals surface area contributed by atoms with Gasteiger partial charge in [0.25, 0.3) is 0 Å². The van der Waals surface area contributed by atoms with E-state index in [0.29, 0.717) is 0 Å². The van der Waals surface area contributed by atoms with Crippen LogP contribution in [0, 0.1) is 0 Å². The Kier molecular flexibility index (Phi) is 9.27. The van der Waals surface area contributed by atoms with Gasteiger partial charge >= 0.3 is 29.7 Å². The second kappa shape index (κ2) is 11.9. The summed E-state index contributed by atoms with van der Waals surface area (Å²) in [7, 11) is 1.08. The zero-order valence-electron chi connectivity index (χ0n) is 19.6. The van der Waals surface area contributed by atoms with Gasteiger partial charge in [0.1, 0.15) is 24.6 Å². The highest BCUT2D eigenvalue weighted by Crippen LogP contribution is 2.32. The Morgan fingerprint density at radius 3 is 2.17 bits per heavy atom. The Hall–Kier alpha value is -4.01. The highest BCUT2D eigenvalue weighted by Gasteiger charge is 2.52. The molecule has 1 aromatic rings. The first-order valence-corrected chi connectivity index (χ1v) is 10.3. The van der Waals surface area contributed by atoms with Crippen molar-refractivity contribution in [3.05, 3.63) is 22.7 Å². The third-order valence-electron chi connectivity index (χ3n) is 4.60. The molecular weight excluding hydrogens is 472 g/mol. The number of alkyl carbamates (subject to hydrolysis) is 1. The van der Waals surface area contributed by atoms with Crippen LogP contribution in [0.2, 0.25) is 0 Å². The van der Waals surface area contributed by atoms with Crippen LogP contribution in [0.4, 0.5) is 10.6 Å². The van der Waals surface area contributed by atoms with E-state index in [0.717, 1.165) is 32.4 Å². The largest absolute Gasteiger partial charge is 0.463 e. The lowest BCUT2D eigenvalue weighted by Crippen LogP contribution is -2.65. The maximum absolute atomic E-state index is 12.8. The molecule has 1 aliphatic rings. The van der Waals surface area contributed by atoms with E-state index < -0.39 is 72.8 Å². The van der Waals surface area contributed by atoms with Gasteiger partial charge in [0.15, 0.2) is 18.4 Å². The molecule has 0 aliphatic carbocycles. The molecule has 2 heterocycles. The highest BCUT2D eigenvalue weighted by atomic mass is 16.6. The number of carbonyl (C=O) groups is 5. The van der Waals surface area contributed by atoms with E-state index in [1.807, 2.05) is 0 Å². The maximum atomic E-state index is 12.8. The zero-order valence-corrected chi connectivity index (χ0v) is 19.6. The molecule has 15 heteroatoms. The van der Waals surface area contributed by atoms with Crippen molar-refractivity contribution in [3.63, 3.8) is 0 Å². The molecule has 0 unspecified atom stereocenters. The lowest BCUT2D eigenvalue weighted by molar-refractivity contribution is -0.237. The molecule has 0 aromatic carbocycles. The van der Waals surface area contributed by atoms with Gasteiger partial charge < -0.3 is 34.3 Å². The van der Waals surface area contributed by atoms with Crippen molar-refractivity contribution < 1.29 is 47.7 Å². The number of esters is 3. The predicted octanol–water partition coefficient (Wildman–Crippen LogP) is -0.750. The summed E-state index contributed by atoms with van der Waals surface area (Å²) in [5, 5.41) is 4.77. The molecule has 2 rings (SSSR count). The first kappa shape index (κ1) is 27.2. The molecule has 192 valence electrons. The molecule has 0 bridgehead atoms. The van der Waals surface area contributed by atoms with E-state index >= 15 is 0 Å². The average Bonchev–Trinajstić information content (AvgIpc) is 2.74. The van der Waals surface area contributed by atoms with Crippen molar-refractivity contribution in [1.82, 2.24) is 14.9 Å². The summed E-state index contributed by atoms with van der Waals surface area (Å²) in [4.78, 5) is 75.1. The summed E-state index contributed by atoms with van der Waals surface area (Å²) in [6.45, 7) is 4.10. The van der Waals surface area contributed by atoms with Crippen LogP contribution in [0.25, 0.3) is 0 Å². The predicted molar refractivity (Wildman–Crippen MR) is 114 cm³/mol.